The van der Waals surface area contributed by atoms with Crippen LogP contribution < -0.4 is 10.9 Å². The summed E-state index contributed by atoms with van der Waals surface area (Å²) in [5.41, 5.74) is 0.673. The van der Waals surface area contributed by atoms with Crippen LogP contribution in [0.5, 0.6) is 0 Å². The third-order valence-electron chi connectivity index (χ3n) is 4.61. The number of aromatic amines is 1. The second-order valence-corrected chi connectivity index (χ2v) is 7.26. The van der Waals surface area contributed by atoms with Crippen molar-refractivity contribution >= 4 is 5.91 Å². The van der Waals surface area contributed by atoms with Gasteiger partial charge in [0.1, 0.15) is 11.4 Å². The van der Waals surface area contributed by atoms with Crippen LogP contribution in [-0.2, 0) is 0 Å². The number of carbonyl (C=O) groups is 1. The first kappa shape index (κ1) is 14.3. The predicted octanol–water partition coefficient (Wildman–Crippen LogP) is 2.26. The van der Waals surface area contributed by atoms with Gasteiger partial charge in [0.15, 0.2) is 0 Å². The zero-order valence-electron chi connectivity index (χ0n) is 13.0. The average Bonchev–Trinajstić information content (AvgIpc) is 3.14. The molecule has 0 aliphatic heterocycles. The molecule has 2 aliphatic rings. The number of amides is 1. The molecule has 1 unspecified atom stereocenters. The molecule has 2 saturated carbocycles. The van der Waals surface area contributed by atoms with Crippen LogP contribution in [0.3, 0.4) is 0 Å². The van der Waals surface area contributed by atoms with Crippen molar-refractivity contribution in [3.05, 3.63) is 27.4 Å². The van der Waals surface area contributed by atoms with E-state index in [1.807, 2.05) is 0 Å². The topological polar surface area (TPSA) is 74.8 Å². The van der Waals surface area contributed by atoms with Gasteiger partial charge >= 0.3 is 0 Å². The van der Waals surface area contributed by atoms with E-state index in [0.29, 0.717) is 11.6 Å². The first-order valence-electron chi connectivity index (χ1n) is 7.77. The summed E-state index contributed by atoms with van der Waals surface area (Å²) in [6.07, 6.45) is 5.19. The van der Waals surface area contributed by atoms with E-state index in [9.17, 15) is 9.59 Å². The third-order valence-corrected chi connectivity index (χ3v) is 4.61. The molecule has 0 bridgehead atoms. The van der Waals surface area contributed by atoms with Crippen LogP contribution in [-0.4, -0.2) is 21.9 Å². The Morgan fingerprint density at radius 2 is 2.05 bits per heavy atom. The third kappa shape index (κ3) is 3.01. The smallest absolute Gasteiger partial charge is 0.264 e. The molecule has 21 heavy (non-hydrogen) atoms. The number of nitrogens with zero attached hydrogens (tertiary/aromatic N) is 1. The summed E-state index contributed by atoms with van der Waals surface area (Å²) in [7, 11) is 0. The maximum absolute atomic E-state index is 12.4. The van der Waals surface area contributed by atoms with Gasteiger partial charge in [-0.25, -0.2) is 4.98 Å². The molecule has 1 aromatic heterocycles. The van der Waals surface area contributed by atoms with Crippen LogP contribution in [0.4, 0.5) is 0 Å². The lowest BCUT2D eigenvalue weighted by atomic mass is 9.92. The first-order chi connectivity index (χ1) is 9.85. The largest absolute Gasteiger partial charge is 0.349 e. The Labute approximate surface area is 124 Å². The molecule has 2 fully saturated rings. The molecule has 2 aliphatic carbocycles. The van der Waals surface area contributed by atoms with Crippen LogP contribution >= 0.6 is 0 Å². The Balaban J connectivity index is 1.77. The minimum Gasteiger partial charge on any atom is -0.349 e. The summed E-state index contributed by atoms with van der Waals surface area (Å²) in [4.78, 5) is 31.7. The number of aromatic nitrogens is 2. The number of aryl methyl sites for hydroxylation is 1. The van der Waals surface area contributed by atoms with E-state index in [4.69, 9.17) is 0 Å². The summed E-state index contributed by atoms with van der Waals surface area (Å²) in [5, 5.41) is 3.00. The number of rotatable bonds is 3. The fraction of sp³-hybridized carbons (Fsp3) is 0.688. The van der Waals surface area contributed by atoms with Crippen molar-refractivity contribution in [3.8, 4) is 0 Å². The first-order valence-corrected chi connectivity index (χ1v) is 7.77. The Morgan fingerprint density at radius 3 is 2.57 bits per heavy atom. The fourth-order valence-electron chi connectivity index (χ4n) is 3.24. The molecule has 0 radical (unpaired) electrons. The van der Waals surface area contributed by atoms with E-state index in [1.54, 1.807) is 6.92 Å². The Hall–Kier alpha value is -1.65. The van der Waals surface area contributed by atoms with Crippen molar-refractivity contribution in [3.63, 3.8) is 0 Å². The van der Waals surface area contributed by atoms with Crippen LogP contribution in [0.15, 0.2) is 4.79 Å². The number of carbonyl (C=O) groups excluding carboxylic acids is 1. The SMILES string of the molecule is Cc1nc(C2CC2)[nH]c(=O)c1C(=O)NC1CCC(C)(C)C1. The van der Waals surface area contributed by atoms with Crippen LogP contribution in [0.25, 0.3) is 0 Å². The van der Waals surface area contributed by atoms with Crippen molar-refractivity contribution in [2.24, 2.45) is 5.41 Å². The molecular formula is C16H23N3O2. The summed E-state index contributed by atoms with van der Waals surface area (Å²) in [6.45, 7) is 6.17. The highest BCUT2D eigenvalue weighted by molar-refractivity contribution is 5.95. The Bertz CT molecular complexity index is 629. The van der Waals surface area contributed by atoms with Crippen molar-refractivity contribution in [2.45, 2.75) is 64.8 Å². The monoisotopic (exact) mass is 289 g/mol. The minimum atomic E-state index is -0.306. The molecule has 0 spiro atoms. The fourth-order valence-corrected chi connectivity index (χ4v) is 3.24. The van der Waals surface area contributed by atoms with Gasteiger partial charge in [0.2, 0.25) is 0 Å². The van der Waals surface area contributed by atoms with E-state index in [0.717, 1.165) is 37.9 Å². The highest BCUT2D eigenvalue weighted by Gasteiger charge is 2.33. The molecule has 0 aromatic carbocycles. The standard InChI is InChI=1S/C16H23N3O2/c1-9-12(15(21)19-13(17-9)10-4-5-10)14(20)18-11-6-7-16(2,3)8-11/h10-11H,4-8H2,1-3H3,(H,18,20)(H,17,19,21). The summed E-state index contributed by atoms with van der Waals surface area (Å²) in [5.74, 6) is 0.825. The summed E-state index contributed by atoms with van der Waals surface area (Å²) >= 11 is 0. The molecule has 5 nitrogen and oxygen atoms in total. The molecule has 3 rings (SSSR count). The minimum absolute atomic E-state index is 0.161. The van der Waals surface area contributed by atoms with Gasteiger partial charge in [-0.05, 0) is 44.4 Å². The number of hydrogen-bond donors (Lipinski definition) is 2. The zero-order valence-corrected chi connectivity index (χ0v) is 13.0. The Morgan fingerprint density at radius 1 is 1.33 bits per heavy atom. The van der Waals surface area contributed by atoms with Gasteiger partial charge < -0.3 is 10.3 Å². The highest BCUT2D eigenvalue weighted by atomic mass is 16.2. The van der Waals surface area contributed by atoms with E-state index in [2.05, 4.69) is 29.1 Å². The Kier molecular flexibility index (Phi) is 3.38. The van der Waals surface area contributed by atoms with Crippen LogP contribution in [0, 0.1) is 12.3 Å². The number of hydrogen-bond acceptors (Lipinski definition) is 3. The van der Waals surface area contributed by atoms with Crippen LogP contribution in [0.2, 0.25) is 0 Å². The van der Waals surface area contributed by atoms with Crippen molar-refractivity contribution in [1.29, 1.82) is 0 Å². The van der Waals surface area contributed by atoms with Crippen LogP contribution in [0.1, 0.15) is 73.7 Å². The molecule has 5 heteroatoms. The van der Waals surface area contributed by atoms with Gasteiger partial charge in [-0.2, -0.15) is 0 Å². The van der Waals surface area contributed by atoms with E-state index in [1.165, 1.54) is 0 Å². The lowest BCUT2D eigenvalue weighted by molar-refractivity contribution is 0.0933. The molecule has 1 heterocycles. The second kappa shape index (κ2) is 4.97. The summed E-state index contributed by atoms with van der Waals surface area (Å²) < 4.78 is 0. The van der Waals surface area contributed by atoms with E-state index in [-0.39, 0.29) is 28.5 Å². The maximum Gasteiger partial charge on any atom is 0.264 e. The van der Waals surface area contributed by atoms with Gasteiger partial charge in [-0.15, -0.1) is 0 Å². The van der Waals surface area contributed by atoms with Gasteiger partial charge in [-0.3, -0.25) is 9.59 Å². The number of nitrogens with one attached hydrogen (secondary N) is 2. The van der Waals surface area contributed by atoms with E-state index >= 15 is 0 Å². The molecule has 1 atom stereocenters. The summed E-state index contributed by atoms with van der Waals surface area (Å²) in [6, 6.07) is 0.161. The molecule has 114 valence electrons. The molecule has 0 saturated heterocycles. The quantitative estimate of drug-likeness (QED) is 0.896. The van der Waals surface area contributed by atoms with Crippen molar-refractivity contribution in [2.75, 3.05) is 0 Å². The normalized spacial score (nSPS) is 24.0. The molecule has 1 amide bonds. The molecule has 1 aromatic rings. The van der Waals surface area contributed by atoms with Gasteiger partial charge in [0.25, 0.3) is 11.5 Å². The van der Waals surface area contributed by atoms with Gasteiger partial charge in [0.05, 0.1) is 5.69 Å². The highest BCUT2D eigenvalue weighted by Crippen LogP contribution is 2.38. The molecular weight excluding hydrogens is 266 g/mol. The number of H-pyrrole nitrogens is 1. The maximum atomic E-state index is 12.4. The molecule has 2 N–H and O–H groups in total. The second-order valence-electron chi connectivity index (χ2n) is 7.26. The van der Waals surface area contributed by atoms with Crippen molar-refractivity contribution in [1.82, 2.24) is 15.3 Å². The predicted molar refractivity (Wildman–Crippen MR) is 80.5 cm³/mol. The lowest BCUT2D eigenvalue weighted by Gasteiger charge is -2.18. The van der Waals surface area contributed by atoms with Gasteiger partial charge in [-0.1, -0.05) is 13.8 Å². The zero-order chi connectivity index (χ0) is 15.2. The average molecular weight is 289 g/mol. The van der Waals surface area contributed by atoms with E-state index < -0.39 is 0 Å². The van der Waals surface area contributed by atoms with Gasteiger partial charge in [0, 0.05) is 12.0 Å². The van der Waals surface area contributed by atoms with Crippen molar-refractivity contribution < 1.29 is 4.79 Å². The lowest BCUT2D eigenvalue weighted by Crippen LogP contribution is -2.38.